The molecule has 0 aromatic heterocycles. The molecule has 1 aliphatic heterocycles. The smallest absolute Gasteiger partial charge is 0.241 e. The molecule has 0 saturated heterocycles. The number of ether oxygens (including phenoxy) is 1. The average Bonchev–Trinajstić information content (AvgIpc) is 2.53. The second kappa shape index (κ2) is 6.31. The summed E-state index contributed by atoms with van der Waals surface area (Å²) in [6.45, 7) is 2.53. The molecule has 6 heteroatoms. The zero-order chi connectivity index (χ0) is 16.4. The molecule has 0 radical (unpaired) electrons. The van der Waals surface area contributed by atoms with Gasteiger partial charge in [0.05, 0.1) is 7.11 Å². The Labute approximate surface area is 136 Å². The third kappa shape index (κ3) is 3.55. The van der Waals surface area contributed by atoms with Crippen molar-refractivity contribution in [3.63, 3.8) is 0 Å². The first-order valence-corrected chi connectivity index (χ1v) is 9.01. The molecule has 3 rings (SSSR count). The van der Waals surface area contributed by atoms with Crippen LogP contribution in [0.25, 0.3) is 0 Å². The molecular formula is C17H20N2O3S. The Morgan fingerprint density at radius 2 is 1.91 bits per heavy atom. The number of nitrogens with zero attached hydrogens (tertiary/aromatic N) is 1. The van der Waals surface area contributed by atoms with Gasteiger partial charge in [-0.3, -0.25) is 4.90 Å². The van der Waals surface area contributed by atoms with E-state index < -0.39 is 10.0 Å². The predicted octanol–water partition coefficient (Wildman–Crippen LogP) is 1.90. The highest BCUT2D eigenvalue weighted by Gasteiger charge is 2.22. The fourth-order valence-corrected chi connectivity index (χ4v) is 3.71. The molecular weight excluding hydrogens is 312 g/mol. The number of benzene rings is 2. The molecule has 2 N–H and O–H groups in total. The van der Waals surface area contributed by atoms with Crippen LogP contribution in [0.15, 0.2) is 47.4 Å². The molecule has 0 amide bonds. The molecule has 1 heterocycles. The number of hydrogen-bond acceptors (Lipinski definition) is 4. The van der Waals surface area contributed by atoms with E-state index in [1.165, 1.54) is 12.7 Å². The normalized spacial score (nSPS) is 15.2. The van der Waals surface area contributed by atoms with Crippen molar-refractivity contribution in [1.29, 1.82) is 0 Å². The average molecular weight is 332 g/mol. The SMILES string of the molecule is COc1cc2c(cc1S(N)(=O)=O)CCN(Cc1ccccc1)C2. The van der Waals surface area contributed by atoms with Crippen molar-refractivity contribution < 1.29 is 13.2 Å². The van der Waals surface area contributed by atoms with Crippen LogP contribution >= 0.6 is 0 Å². The second-order valence-corrected chi connectivity index (χ2v) is 7.29. The van der Waals surface area contributed by atoms with E-state index in [0.717, 1.165) is 37.2 Å². The van der Waals surface area contributed by atoms with Crippen LogP contribution in [0.2, 0.25) is 0 Å². The molecule has 0 spiro atoms. The van der Waals surface area contributed by atoms with Crippen molar-refractivity contribution >= 4 is 10.0 Å². The summed E-state index contributed by atoms with van der Waals surface area (Å²) in [6, 6.07) is 13.8. The Balaban J connectivity index is 1.86. The Kier molecular flexibility index (Phi) is 4.39. The quantitative estimate of drug-likeness (QED) is 0.928. The third-order valence-corrected chi connectivity index (χ3v) is 5.06. The van der Waals surface area contributed by atoms with Gasteiger partial charge in [-0.15, -0.1) is 0 Å². The molecule has 0 unspecified atom stereocenters. The number of nitrogens with two attached hydrogens (primary N) is 1. The zero-order valence-electron chi connectivity index (χ0n) is 13.0. The highest BCUT2D eigenvalue weighted by atomic mass is 32.2. The lowest BCUT2D eigenvalue weighted by molar-refractivity contribution is 0.244. The molecule has 5 nitrogen and oxygen atoms in total. The van der Waals surface area contributed by atoms with E-state index in [1.54, 1.807) is 12.1 Å². The fourth-order valence-electron chi connectivity index (χ4n) is 2.98. The van der Waals surface area contributed by atoms with E-state index >= 15 is 0 Å². The Bertz CT molecular complexity index is 804. The van der Waals surface area contributed by atoms with Crippen LogP contribution in [0.1, 0.15) is 16.7 Å². The summed E-state index contributed by atoms with van der Waals surface area (Å²) in [5.41, 5.74) is 3.39. The summed E-state index contributed by atoms with van der Waals surface area (Å²) >= 11 is 0. The minimum atomic E-state index is -3.78. The van der Waals surface area contributed by atoms with Gasteiger partial charge in [-0.2, -0.15) is 0 Å². The predicted molar refractivity (Wildman–Crippen MR) is 88.6 cm³/mol. The number of methoxy groups -OCH3 is 1. The molecule has 0 bridgehead atoms. The summed E-state index contributed by atoms with van der Waals surface area (Å²) in [7, 11) is -2.32. The highest BCUT2D eigenvalue weighted by Crippen LogP contribution is 2.30. The second-order valence-electron chi connectivity index (χ2n) is 5.76. The van der Waals surface area contributed by atoms with Crippen molar-refractivity contribution in [3.8, 4) is 5.75 Å². The Morgan fingerprint density at radius 3 is 2.57 bits per heavy atom. The molecule has 1 aliphatic rings. The first-order chi connectivity index (χ1) is 11.0. The Hall–Kier alpha value is -1.89. The van der Waals surface area contributed by atoms with E-state index in [2.05, 4.69) is 17.0 Å². The molecule has 122 valence electrons. The summed E-state index contributed by atoms with van der Waals surface area (Å²) in [6.07, 6.45) is 0.800. The van der Waals surface area contributed by atoms with Crippen molar-refractivity contribution in [3.05, 3.63) is 59.2 Å². The molecule has 0 atom stereocenters. The van der Waals surface area contributed by atoms with Gasteiger partial charge in [0.2, 0.25) is 10.0 Å². The lowest BCUT2D eigenvalue weighted by atomic mass is 9.99. The topological polar surface area (TPSA) is 72.6 Å². The lowest BCUT2D eigenvalue weighted by Crippen LogP contribution is -2.30. The lowest BCUT2D eigenvalue weighted by Gasteiger charge is -2.29. The molecule has 2 aromatic rings. The van der Waals surface area contributed by atoms with Gasteiger partial charge in [0, 0.05) is 19.6 Å². The molecule has 2 aromatic carbocycles. The number of hydrogen-bond donors (Lipinski definition) is 1. The van der Waals surface area contributed by atoms with Crippen molar-refractivity contribution in [2.24, 2.45) is 5.14 Å². The molecule has 0 aliphatic carbocycles. The number of fused-ring (bicyclic) bond motifs is 1. The minimum absolute atomic E-state index is 0.0651. The maximum Gasteiger partial charge on any atom is 0.241 e. The van der Waals surface area contributed by atoms with Crippen LogP contribution in [0.4, 0.5) is 0 Å². The van der Waals surface area contributed by atoms with E-state index in [9.17, 15) is 8.42 Å². The van der Waals surface area contributed by atoms with Gasteiger partial charge < -0.3 is 4.74 Å². The van der Waals surface area contributed by atoms with Gasteiger partial charge in [-0.1, -0.05) is 30.3 Å². The van der Waals surface area contributed by atoms with Crippen LogP contribution in [0.5, 0.6) is 5.75 Å². The van der Waals surface area contributed by atoms with Crippen molar-refractivity contribution in [2.45, 2.75) is 24.4 Å². The molecule has 23 heavy (non-hydrogen) atoms. The van der Waals surface area contributed by atoms with Gasteiger partial charge in [-0.25, -0.2) is 13.6 Å². The largest absolute Gasteiger partial charge is 0.495 e. The van der Waals surface area contributed by atoms with Gasteiger partial charge >= 0.3 is 0 Å². The minimum Gasteiger partial charge on any atom is -0.495 e. The van der Waals surface area contributed by atoms with Crippen molar-refractivity contribution in [1.82, 2.24) is 4.90 Å². The van der Waals surface area contributed by atoms with Gasteiger partial charge in [0.25, 0.3) is 0 Å². The van der Waals surface area contributed by atoms with Gasteiger partial charge in [0.1, 0.15) is 10.6 Å². The van der Waals surface area contributed by atoms with E-state index in [-0.39, 0.29) is 4.90 Å². The number of primary sulfonamides is 1. The maximum absolute atomic E-state index is 11.7. The summed E-state index contributed by atoms with van der Waals surface area (Å²) in [5.74, 6) is 0.313. The standard InChI is InChI=1S/C17H20N2O3S/c1-22-16-9-15-12-19(11-13-5-3-2-4-6-13)8-7-14(15)10-17(16)23(18,20)21/h2-6,9-10H,7-8,11-12H2,1H3,(H2,18,20,21). The molecule has 0 fully saturated rings. The van der Waals surface area contributed by atoms with Crippen LogP contribution in [-0.4, -0.2) is 27.0 Å². The number of sulfonamides is 1. The Morgan fingerprint density at radius 1 is 1.17 bits per heavy atom. The van der Waals surface area contributed by atoms with Gasteiger partial charge in [0.15, 0.2) is 0 Å². The fraction of sp³-hybridized carbons (Fsp3) is 0.294. The van der Waals surface area contributed by atoms with E-state index in [0.29, 0.717) is 5.75 Å². The summed E-state index contributed by atoms with van der Waals surface area (Å²) < 4.78 is 28.6. The van der Waals surface area contributed by atoms with E-state index in [1.807, 2.05) is 18.2 Å². The number of rotatable bonds is 4. The zero-order valence-corrected chi connectivity index (χ0v) is 13.8. The summed E-state index contributed by atoms with van der Waals surface area (Å²) in [5, 5.41) is 5.28. The van der Waals surface area contributed by atoms with Crippen LogP contribution < -0.4 is 9.88 Å². The molecule has 0 saturated carbocycles. The van der Waals surface area contributed by atoms with Crippen LogP contribution in [0, 0.1) is 0 Å². The summed E-state index contributed by atoms with van der Waals surface area (Å²) in [4.78, 5) is 2.41. The third-order valence-electron chi connectivity index (χ3n) is 4.13. The first-order valence-electron chi connectivity index (χ1n) is 7.46. The van der Waals surface area contributed by atoms with Crippen LogP contribution in [-0.2, 0) is 29.5 Å². The van der Waals surface area contributed by atoms with Crippen LogP contribution in [0.3, 0.4) is 0 Å². The first kappa shape index (κ1) is 16.0. The van der Waals surface area contributed by atoms with Gasteiger partial charge in [-0.05, 0) is 35.2 Å². The van der Waals surface area contributed by atoms with E-state index in [4.69, 9.17) is 9.88 Å². The van der Waals surface area contributed by atoms with Crippen molar-refractivity contribution in [2.75, 3.05) is 13.7 Å². The monoisotopic (exact) mass is 332 g/mol. The maximum atomic E-state index is 11.7. The highest BCUT2D eigenvalue weighted by molar-refractivity contribution is 7.89.